The number of hydrogen-bond donors (Lipinski definition) is 1. The molecule has 78 valence electrons. The van der Waals surface area contributed by atoms with Crippen molar-refractivity contribution in [2.75, 3.05) is 6.54 Å². The number of aromatic nitrogens is 2. The van der Waals surface area contributed by atoms with E-state index in [9.17, 15) is 0 Å². The van der Waals surface area contributed by atoms with Crippen LogP contribution in [0, 0.1) is 6.92 Å². The molecule has 0 amide bonds. The molecule has 0 saturated heterocycles. The molecule has 1 aromatic heterocycles. The third-order valence-corrected chi connectivity index (χ3v) is 2.72. The summed E-state index contributed by atoms with van der Waals surface area (Å²) in [6, 6.07) is 6.04. The summed E-state index contributed by atoms with van der Waals surface area (Å²) >= 11 is 3.44. The summed E-state index contributed by atoms with van der Waals surface area (Å²) < 4.78 is 1.03. The average molecular weight is 266 g/mol. The molecule has 3 nitrogen and oxygen atoms in total. The highest BCUT2D eigenvalue weighted by Crippen LogP contribution is 2.20. The molecule has 0 spiro atoms. The fourth-order valence-electron chi connectivity index (χ4n) is 1.62. The van der Waals surface area contributed by atoms with E-state index >= 15 is 0 Å². The van der Waals surface area contributed by atoms with Crippen molar-refractivity contribution < 1.29 is 0 Å². The second-order valence-electron chi connectivity index (χ2n) is 3.42. The molecule has 4 heteroatoms. The minimum Gasteiger partial charge on any atom is -0.330 e. The van der Waals surface area contributed by atoms with E-state index in [1.165, 1.54) is 0 Å². The smallest absolute Gasteiger partial charge is 0.126 e. The molecule has 0 bridgehead atoms. The topological polar surface area (TPSA) is 51.8 Å². The van der Waals surface area contributed by atoms with Gasteiger partial charge in [0, 0.05) is 16.3 Å². The van der Waals surface area contributed by atoms with Crippen LogP contribution in [0.1, 0.15) is 11.5 Å². The molecule has 0 aliphatic heterocycles. The van der Waals surface area contributed by atoms with Crippen molar-refractivity contribution in [2.24, 2.45) is 5.73 Å². The van der Waals surface area contributed by atoms with E-state index in [4.69, 9.17) is 5.73 Å². The van der Waals surface area contributed by atoms with E-state index in [1.807, 2.05) is 25.1 Å². The maximum absolute atomic E-state index is 5.56. The highest BCUT2D eigenvalue weighted by atomic mass is 79.9. The molecular formula is C11H12BrN3. The van der Waals surface area contributed by atoms with Crippen LogP contribution in [0.4, 0.5) is 0 Å². The van der Waals surface area contributed by atoms with Crippen LogP contribution in [-0.4, -0.2) is 16.5 Å². The van der Waals surface area contributed by atoms with Gasteiger partial charge >= 0.3 is 0 Å². The summed E-state index contributed by atoms with van der Waals surface area (Å²) in [4.78, 5) is 8.81. The lowest BCUT2D eigenvalue weighted by molar-refractivity contribution is 0.908. The minimum absolute atomic E-state index is 0.613. The molecule has 1 heterocycles. The lowest BCUT2D eigenvalue weighted by Gasteiger charge is -2.05. The van der Waals surface area contributed by atoms with E-state index < -0.39 is 0 Å². The van der Waals surface area contributed by atoms with Crippen molar-refractivity contribution in [2.45, 2.75) is 13.3 Å². The zero-order chi connectivity index (χ0) is 10.8. The van der Waals surface area contributed by atoms with Crippen molar-refractivity contribution in [1.29, 1.82) is 0 Å². The van der Waals surface area contributed by atoms with Crippen LogP contribution in [-0.2, 0) is 6.42 Å². The van der Waals surface area contributed by atoms with Crippen LogP contribution in [0.5, 0.6) is 0 Å². The van der Waals surface area contributed by atoms with Gasteiger partial charge in [0.1, 0.15) is 5.82 Å². The predicted octanol–water partition coefficient (Wildman–Crippen LogP) is 2.20. The zero-order valence-electron chi connectivity index (χ0n) is 8.50. The monoisotopic (exact) mass is 265 g/mol. The highest BCUT2D eigenvalue weighted by Gasteiger charge is 2.05. The Hall–Kier alpha value is -1.00. The van der Waals surface area contributed by atoms with Crippen LogP contribution in [0.3, 0.4) is 0 Å². The largest absolute Gasteiger partial charge is 0.330 e. The van der Waals surface area contributed by atoms with Crippen molar-refractivity contribution in [3.05, 3.63) is 34.2 Å². The molecule has 0 saturated carbocycles. The van der Waals surface area contributed by atoms with Gasteiger partial charge in [-0.2, -0.15) is 0 Å². The Labute approximate surface area is 96.9 Å². The van der Waals surface area contributed by atoms with E-state index in [0.717, 1.165) is 33.3 Å². The summed E-state index contributed by atoms with van der Waals surface area (Å²) in [6.07, 6.45) is 0.793. The van der Waals surface area contributed by atoms with Gasteiger partial charge < -0.3 is 5.73 Å². The van der Waals surface area contributed by atoms with Crippen LogP contribution < -0.4 is 5.73 Å². The van der Waals surface area contributed by atoms with Gasteiger partial charge in [-0.25, -0.2) is 9.97 Å². The standard InChI is InChI=1S/C11H12BrN3/c1-7-14-10(4-5-13)9-3-2-8(12)6-11(9)15-7/h2-3,6H,4-5,13H2,1H3. The number of aryl methyl sites for hydroxylation is 1. The average Bonchev–Trinajstić information content (AvgIpc) is 2.17. The van der Waals surface area contributed by atoms with Crippen molar-refractivity contribution in [1.82, 2.24) is 9.97 Å². The second kappa shape index (κ2) is 4.24. The minimum atomic E-state index is 0.613. The zero-order valence-corrected chi connectivity index (χ0v) is 10.1. The fraction of sp³-hybridized carbons (Fsp3) is 0.273. The Bertz CT molecular complexity index is 491. The van der Waals surface area contributed by atoms with Gasteiger partial charge in [-0.05, 0) is 31.7 Å². The van der Waals surface area contributed by atoms with E-state index in [2.05, 4.69) is 25.9 Å². The lowest BCUT2D eigenvalue weighted by Crippen LogP contribution is -2.06. The first-order chi connectivity index (χ1) is 7.20. The van der Waals surface area contributed by atoms with E-state index in [1.54, 1.807) is 0 Å². The molecule has 0 aliphatic carbocycles. The maximum Gasteiger partial charge on any atom is 0.126 e. The number of hydrogen-bond acceptors (Lipinski definition) is 3. The lowest BCUT2D eigenvalue weighted by atomic mass is 10.1. The third kappa shape index (κ3) is 2.16. The van der Waals surface area contributed by atoms with Crippen molar-refractivity contribution in [3.8, 4) is 0 Å². The molecule has 2 N–H and O–H groups in total. The molecule has 0 aliphatic rings. The fourth-order valence-corrected chi connectivity index (χ4v) is 1.97. The molecule has 1 aromatic carbocycles. The molecule has 0 radical (unpaired) electrons. The Balaban J connectivity index is 2.68. The maximum atomic E-state index is 5.56. The van der Waals surface area contributed by atoms with Crippen molar-refractivity contribution in [3.63, 3.8) is 0 Å². The van der Waals surface area contributed by atoms with Gasteiger partial charge in [0.15, 0.2) is 0 Å². The normalized spacial score (nSPS) is 10.9. The van der Waals surface area contributed by atoms with Gasteiger partial charge in [0.2, 0.25) is 0 Å². The summed E-state index contributed by atoms with van der Waals surface area (Å²) in [7, 11) is 0. The summed E-state index contributed by atoms with van der Waals surface area (Å²) in [5.41, 5.74) is 7.57. The molecular weight excluding hydrogens is 254 g/mol. The summed E-state index contributed by atoms with van der Waals surface area (Å²) in [5.74, 6) is 0.795. The Morgan fingerprint density at radius 1 is 1.33 bits per heavy atom. The molecule has 0 unspecified atom stereocenters. The first-order valence-electron chi connectivity index (χ1n) is 4.83. The number of benzene rings is 1. The first-order valence-corrected chi connectivity index (χ1v) is 5.63. The SMILES string of the molecule is Cc1nc(CCN)c2ccc(Br)cc2n1. The first kappa shape index (κ1) is 10.5. The van der Waals surface area contributed by atoms with Crippen LogP contribution in [0.2, 0.25) is 0 Å². The molecule has 15 heavy (non-hydrogen) atoms. The Kier molecular flexibility index (Phi) is 2.98. The summed E-state index contributed by atoms with van der Waals surface area (Å²) in [6.45, 7) is 2.52. The van der Waals surface area contributed by atoms with Gasteiger partial charge in [-0.15, -0.1) is 0 Å². The van der Waals surface area contributed by atoms with Gasteiger partial charge in [0.05, 0.1) is 11.2 Å². The predicted molar refractivity (Wildman–Crippen MR) is 64.7 cm³/mol. The number of nitrogens with two attached hydrogens (primary N) is 1. The summed E-state index contributed by atoms with van der Waals surface area (Å²) in [5, 5.41) is 1.09. The molecule has 2 aromatic rings. The van der Waals surface area contributed by atoms with E-state index in [0.29, 0.717) is 6.54 Å². The van der Waals surface area contributed by atoms with Gasteiger partial charge in [0.25, 0.3) is 0 Å². The third-order valence-electron chi connectivity index (χ3n) is 2.23. The van der Waals surface area contributed by atoms with Crippen LogP contribution >= 0.6 is 15.9 Å². The number of rotatable bonds is 2. The number of nitrogens with zero attached hydrogens (tertiary/aromatic N) is 2. The molecule has 0 atom stereocenters. The highest BCUT2D eigenvalue weighted by molar-refractivity contribution is 9.10. The van der Waals surface area contributed by atoms with Gasteiger partial charge in [-0.1, -0.05) is 15.9 Å². The number of fused-ring (bicyclic) bond motifs is 1. The molecule has 2 rings (SSSR count). The van der Waals surface area contributed by atoms with Crippen molar-refractivity contribution >= 4 is 26.8 Å². The Morgan fingerprint density at radius 3 is 2.87 bits per heavy atom. The van der Waals surface area contributed by atoms with Crippen LogP contribution in [0.25, 0.3) is 10.9 Å². The molecule has 0 fully saturated rings. The quantitative estimate of drug-likeness (QED) is 0.906. The van der Waals surface area contributed by atoms with Crippen LogP contribution in [0.15, 0.2) is 22.7 Å². The second-order valence-corrected chi connectivity index (χ2v) is 4.33. The van der Waals surface area contributed by atoms with E-state index in [-0.39, 0.29) is 0 Å². The van der Waals surface area contributed by atoms with Gasteiger partial charge in [-0.3, -0.25) is 0 Å². The Morgan fingerprint density at radius 2 is 2.13 bits per heavy atom. The number of halogens is 1.